The Bertz CT molecular complexity index is 1090. The van der Waals surface area contributed by atoms with E-state index in [1.165, 1.54) is 17.4 Å². The molecule has 0 fully saturated rings. The average Bonchev–Trinajstić information content (AvgIpc) is 3.03. The van der Waals surface area contributed by atoms with E-state index < -0.39 is 12.0 Å². The fourth-order valence-corrected chi connectivity index (χ4v) is 4.13. The lowest BCUT2D eigenvalue weighted by molar-refractivity contribution is -0.125. The third-order valence-corrected chi connectivity index (χ3v) is 5.65. The lowest BCUT2D eigenvalue weighted by Gasteiger charge is -2.16. The Morgan fingerprint density at radius 1 is 1.17 bits per heavy atom. The first-order chi connectivity index (χ1) is 13.8. The van der Waals surface area contributed by atoms with Crippen molar-refractivity contribution in [3.8, 4) is 11.5 Å². The topological polar surface area (TPSA) is 72.5 Å². The zero-order valence-corrected chi connectivity index (χ0v) is 19.0. The summed E-state index contributed by atoms with van der Waals surface area (Å²) in [4.78, 5) is 16.7. The zero-order chi connectivity index (χ0) is 21.1. The molecule has 0 spiro atoms. The Labute approximate surface area is 191 Å². The molecule has 0 saturated heterocycles. The molecule has 0 radical (unpaired) electrons. The predicted molar refractivity (Wildman–Crippen MR) is 122 cm³/mol. The molecule has 1 heterocycles. The van der Waals surface area contributed by atoms with E-state index in [0.717, 1.165) is 4.70 Å². The van der Waals surface area contributed by atoms with Gasteiger partial charge in [-0.3, -0.25) is 10.1 Å². The van der Waals surface area contributed by atoms with Gasteiger partial charge in [0.05, 0.1) is 27.4 Å². The molecular weight excluding hydrogens is 477 g/mol. The second-order valence-corrected chi connectivity index (χ2v) is 8.44. The van der Waals surface area contributed by atoms with Gasteiger partial charge in [-0.1, -0.05) is 46.1 Å². The van der Waals surface area contributed by atoms with Crippen LogP contribution >= 0.6 is 58.4 Å². The number of aromatic nitrogens is 1. The highest BCUT2D eigenvalue weighted by atomic mass is 35.5. The molecule has 0 bridgehead atoms. The van der Waals surface area contributed by atoms with Gasteiger partial charge in [0.15, 0.2) is 16.3 Å². The quantitative estimate of drug-likeness (QED) is 0.457. The van der Waals surface area contributed by atoms with Crippen LogP contribution in [0.25, 0.3) is 10.2 Å². The molecule has 0 aliphatic heterocycles. The number of methoxy groups -OCH3 is 1. The summed E-state index contributed by atoms with van der Waals surface area (Å²) in [5.74, 6) is 0.450. The number of hydrogen-bond acceptors (Lipinski definition) is 6. The average molecular weight is 491 g/mol. The van der Waals surface area contributed by atoms with Crippen LogP contribution in [0.2, 0.25) is 15.1 Å². The summed E-state index contributed by atoms with van der Waals surface area (Å²) < 4.78 is 11.6. The fraction of sp³-hybridized carbons (Fsp3) is 0.167. The van der Waals surface area contributed by atoms with Crippen LogP contribution in [0.4, 0.5) is 5.13 Å². The van der Waals surface area contributed by atoms with Crippen molar-refractivity contribution in [3.63, 3.8) is 0 Å². The molecule has 6 nitrogen and oxygen atoms in total. The molecule has 3 aromatic rings. The number of rotatable bonds is 5. The highest BCUT2D eigenvalue weighted by Gasteiger charge is 2.18. The SMILES string of the molecule is COc1cc2sc(NC(=S)NC(=O)C(C)Oc3ccc(Cl)cc3Cl)nc2cc1Cl. The Hall–Kier alpha value is -1.84. The first-order valence-corrected chi connectivity index (χ1v) is 10.5. The minimum Gasteiger partial charge on any atom is -0.495 e. The Balaban J connectivity index is 1.62. The van der Waals surface area contributed by atoms with Gasteiger partial charge in [-0.15, -0.1) is 0 Å². The van der Waals surface area contributed by atoms with E-state index in [9.17, 15) is 4.79 Å². The molecule has 2 N–H and O–H groups in total. The largest absolute Gasteiger partial charge is 0.495 e. The minimum absolute atomic E-state index is 0.0878. The van der Waals surface area contributed by atoms with Gasteiger partial charge in [-0.05, 0) is 43.4 Å². The predicted octanol–water partition coefficient (Wildman–Crippen LogP) is 5.55. The number of thiazole rings is 1. The van der Waals surface area contributed by atoms with E-state index >= 15 is 0 Å². The normalized spacial score (nSPS) is 11.8. The summed E-state index contributed by atoms with van der Waals surface area (Å²) in [5, 5.41) is 7.27. The smallest absolute Gasteiger partial charge is 0.266 e. The first-order valence-electron chi connectivity index (χ1n) is 8.14. The minimum atomic E-state index is -0.841. The fourth-order valence-electron chi connectivity index (χ4n) is 2.30. The Morgan fingerprint density at radius 3 is 2.59 bits per heavy atom. The Kier molecular flexibility index (Phi) is 7.02. The van der Waals surface area contributed by atoms with Crippen LogP contribution in [-0.4, -0.2) is 29.2 Å². The van der Waals surface area contributed by atoms with Gasteiger partial charge >= 0.3 is 0 Å². The molecule has 11 heteroatoms. The molecule has 1 atom stereocenters. The number of thiocarbonyl (C=S) groups is 1. The second kappa shape index (κ2) is 9.32. The molecule has 1 unspecified atom stereocenters. The van der Waals surface area contributed by atoms with Gasteiger partial charge in [0, 0.05) is 11.1 Å². The molecule has 0 aliphatic carbocycles. The van der Waals surface area contributed by atoms with Crippen LogP contribution in [0, 0.1) is 0 Å². The van der Waals surface area contributed by atoms with E-state index in [1.807, 2.05) is 0 Å². The van der Waals surface area contributed by atoms with Gasteiger partial charge < -0.3 is 14.8 Å². The first kappa shape index (κ1) is 21.9. The van der Waals surface area contributed by atoms with Crippen molar-refractivity contribution in [1.82, 2.24) is 10.3 Å². The van der Waals surface area contributed by atoms with Crippen molar-refractivity contribution in [2.24, 2.45) is 0 Å². The summed E-state index contributed by atoms with van der Waals surface area (Å²) in [5.41, 5.74) is 0.687. The second-order valence-electron chi connectivity index (χ2n) is 5.75. The van der Waals surface area contributed by atoms with Gasteiger partial charge in [0.25, 0.3) is 5.91 Å². The molecule has 1 amide bonds. The number of anilines is 1. The summed E-state index contributed by atoms with van der Waals surface area (Å²) in [6, 6.07) is 8.22. The van der Waals surface area contributed by atoms with E-state index in [1.54, 1.807) is 38.3 Å². The van der Waals surface area contributed by atoms with Crippen molar-refractivity contribution < 1.29 is 14.3 Å². The number of ether oxygens (including phenoxy) is 2. The molecule has 152 valence electrons. The van der Waals surface area contributed by atoms with Crippen molar-refractivity contribution in [2.45, 2.75) is 13.0 Å². The third-order valence-electron chi connectivity index (χ3n) is 3.69. The van der Waals surface area contributed by atoms with Crippen LogP contribution in [0.15, 0.2) is 30.3 Å². The summed E-state index contributed by atoms with van der Waals surface area (Å²) in [7, 11) is 1.54. The van der Waals surface area contributed by atoms with Crippen molar-refractivity contribution in [3.05, 3.63) is 45.4 Å². The van der Waals surface area contributed by atoms with Gasteiger partial charge in [0.2, 0.25) is 0 Å². The number of nitrogens with one attached hydrogen (secondary N) is 2. The van der Waals surface area contributed by atoms with Crippen molar-refractivity contribution in [2.75, 3.05) is 12.4 Å². The van der Waals surface area contributed by atoms with Crippen molar-refractivity contribution >= 4 is 84.7 Å². The highest BCUT2D eigenvalue weighted by Crippen LogP contribution is 2.34. The van der Waals surface area contributed by atoms with Crippen LogP contribution in [-0.2, 0) is 4.79 Å². The van der Waals surface area contributed by atoms with Crippen LogP contribution in [0.5, 0.6) is 11.5 Å². The number of carbonyl (C=O) groups is 1. The number of amides is 1. The molecular formula is C18H14Cl3N3O3S2. The molecule has 0 saturated carbocycles. The summed E-state index contributed by atoms with van der Waals surface area (Å²) in [6.07, 6.45) is -0.841. The zero-order valence-electron chi connectivity index (χ0n) is 15.1. The number of benzene rings is 2. The summed E-state index contributed by atoms with van der Waals surface area (Å²) in [6.45, 7) is 1.58. The van der Waals surface area contributed by atoms with Crippen LogP contribution < -0.4 is 20.1 Å². The van der Waals surface area contributed by atoms with Crippen LogP contribution in [0.1, 0.15) is 6.92 Å². The molecule has 1 aromatic heterocycles. The Morgan fingerprint density at radius 2 is 1.90 bits per heavy atom. The van der Waals surface area contributed by atoms with Gasteiger partial charge in [-0.2, -0.15) is 0 Å². The highest BCUT2D eigenvalue weighted by molar-refractivity contribution is 7.80. The number of carbonyl (C=O) groups excluding carboxylic acids is 1. The van der Waals surface area contributed by atoms with E-state index in [-0.39, 0.29) is 5.11 Å². The number of nitrogens with zero attached hydrogens (tertiary/aromatic N) is 1. The molecule has 3 rings (SSSR count). The van der Waals surface area contributed by atoms with E-state index in [0.29, 0.717) is 37.2 Å². The molecule has 2 aromatic carbocycles. The third kappa shape index (κ3) is 5.40. The maximum Gasteiger partial charge on any atom is 0.266 e. The maximum atomic E-state index is 12.3. The number of fused-ring (bicyclic) bond motifs is 1. The van der Waals surface area contributed by atoms with Gasteiger partial charge in [0.1, 0.15) is 11.5 Å². The van der Waals surface area contributed by atoms with Crippen molar-refractivity contribution in [1.29, 1.82) is 0 Å². The standard InChI is InChI=1S/C18H14Cl3N3O3S2/c1-8(27-13-4-3-9(19)5-10(13)20)16(25)23-17(28)24-18-22-12-6-11(21)14(26-2)7-15(12)29-18/h3-8H,1-2H3,(H2,22,23,24,25,28). The number of hydrogen-bond donors (Lipinski definition) is 2. The van der Waals surface area contributed by atoms with E-state index in [4.69, 9.17) is 56.5 Å². The maximum absolute atomic E-state index is 12.3. The monoisotopic (exact) mass is 489 g/mol. The lowest BCUT2D eigenvalue weighted by Crippen LogP contribution is -2.42. The summed E-state index contributed by atoms with van der Waals surface area (Å²) >= 11 is 24.6. The number of halogens is 3. The van der Waals surface area contributed by atoms with Gasteiger partial charge in [-0.25, -0.2) is 4.98 Å². The molecule has 29 heavy (non-hydrogen) atoms. The van der Waals surface area contributed by atoms with Crippen LogP contribution in [0.3, 0.4) is 0 Å². The van der Waals surface area contributed by atoms with E-state index in [2.05, 4.69) is 15.6 Å². The molecule has 0 aliphatic rings. The lowest BCUT2D eigenvalue weighted by atomic mass is 10.3.